The van der Waals surface area contributed by atoms with Crippen molar-refractivity contribution >= 4 is 30.2 Å². The molecule has 0 spiro atoms. The van der Waals surface area contributed by atoms with Gasteiger partial charge in [-0.3, -0.25) is 0 Å². The molecule has 1 aromatic rings. The number of nitrogens with zero attached hydrogens (tertiary/aromatic N) is 1. The van der Waals surface area contributed by atoms with Crippen molar-refractivity contribution in [2.75, 3.05) is 0 Å². The third-order valence-corrected chi connectivity index (χ3v) is 0.944. The molecular formula is C5H3CuLiNS. The van der Waals surface area contributed by atoms with E-state index in [1.54, 1.807) is 11.3 Å². The van der Waals surface area contributed by atoms with Gasteiger partial charge in [-0.25, -0.2) is 6.07 Å². The van der Waals surface area contributed by atoms with Gasteiger partial charge < -0.3 is 23.2 Å². The molecule has 9 heavy (non-hydrogen) atoms. The maximum atomic E-state index is 6.25. The van der Waals surface area contributed by atoms with Crippen LogP contribution < -0.4 is 0 Å². The zero-order valence-corrected chi connectivity index (χ0v) is 6.65. The third kappa shape index (κ3) is 11.7. The molecule has 0 unspecified atom stereocenters. The van der Waals surface area contributed by atoms with Gasteiger partial charge in [-0.15, -0.1) is 5.38 Å². The maximum absolute atomic E-state index is 6.25. The minimum Gasteiger partial charge on any atom is -0.512 e. The molecule has 0 amide bonds. The van der Waals surface area contributed by atoms with Crippen LogP contribution in [0.2, 0.25) is 0 Å². The molecule has 4 heteroatoms. The zero-order chi connectivity index (χ0) is 5.54. The fourth-order valence-corrected chi connectivity index (χ4v) is 0.589. The Hall–Kier alpha value is 0.307. The average Bonchev–Trinajstić information content (AvgIpc) is 2.23. The van der Waals surface area contributed by atoms with Crippen molar-refractivity contribution in [3.8, 4) is 0 Å². The predicted molar refractivity (Wildman–Crippen MR) is 33.9 cm³/mol. The van der Waals surface area contributed by atoms with E-state index in [0.717, 1.165) is 0 Å². The first-order valence-corrected chi connectivity index (χ1v) is 2.50. The monoisotopic (exact) mass is 179 g/mol. The third-order valence-electron chi connectivity index (χ3n) is 0.379. The van der Waals surface area contributed by atoms with Gasteiger partial charge >= 0.3 is 17.1 Å². The van der Waals surface area contributed by atoms with Crippen molar-refractivity contribution in [3.05, 3.63) is 29.5 Å². The van der Waals surface area contributed by atoms with Crippen molar-refractivity contribution in [3.63, 3.8) is 0 Å². The summed E-state index contributed by atoms with van der Waals surface area (Å²) >= 11 is 1.59. The van der Waals surface area contributed by atoms with Crippen LogP contribution in [0.15, 0.2) is 17.5 Å². The Morgan fingerprint density at radius 3 is 2.11 bits per heavy atom. The van der Waals surface area contributed by atoms with Gasteiger partial charge in [0.05, 0.1) is 0 Å². The van der Waals surface area contributed by atoms with Crippen LogP contribution in [0.25, 0.3) is 0 Å². The summed E-state index contributed by atoms with van der Waals surface area (Å²) in [5, 5.41) is 11.1. The van der Waals surface area contributed by atoms with Gasteiger partial charge in [0.2, 0.25) is 0 Å². The summed E-state index contributed by atoms with van der Waals surface area (Å²) in [5.74, 6) is 0. The van der Waals surface area contributed by atoms with E-state index in [1.807, 2.05) is 17.5 Å². The van der Waals surface area contributed by atoms with Crippen LogP contribution in [-0.2, 0) is 17.1 Å². The van der Waals surface area contributed by atoms with Crippen LogP contribution in [-0.4, -0.2) is 18.9 Å². The molecular weight excluding hydrogens is 177 g/mol. The first-order valence-electron chi connectivity index (χ1n) is 1.62. The maximum Gasteiger partial charge on any atom is 2.00 e. The number of hydrogen-bond acceptors (Lipinski definition) is 2. The minimum absolute atomic E-state index is 0. The van der Waals surface area contributed by atoms with Crippen LogP contribution >= 0.6 is 11.3 Å². The first kappa shape index (κ1) is 16.1. The van der Waals surface area contributed by atoms with Gasteiger partial charge in [0.1, 0.15) is 0 Å². The number of hydrogen-bond donors (Lipinski definition) is 0. The molecule has 0 aliphatic heterocycles. The summed E-state index contributed by atoms with van der Waals surface area (Å²) in [4.78, 5) is 0. The molecule has 1 rings (SSSR count). The molecule has 0 aliphatic carbocycles. The Morgan fingerprint density at radius 1 is 1.44 bits per heavy atom. The van der Waals surface area contributed by atoms with Crippen LogP contribution in [0.1, 0.15) is 0 Å². The molecule has 0 bridgehead atoms. The molecule has 0 saturated carbocycles. The molecule has 0 N–H and O–H groups in total. The molecule has 0 aromatic carbocycles. The Morgan fingerprint density at radius 2 is 2.00 bits per heavy atom. The second-order valence-corrected chi connectivity index (χ2v) is 1.47. The molecule has 1 heterocycles. The summed E-state index contributed by atoms with van der Waals surface area (Å²) in [7, 11) is 0. The normalized spacial score (nSPS) is 4.67. The zero-order valence-electron chi connectivity index (χ0n) is 4.89. The second kappa shape index (κ2) is 15.7. The molecule has 1 aromatic heterocycles. The van der Waals surface area contributed by atoms with Crippen molar-refractivity contribution in [1.82, 2.24) is 0 Å². The van der Waals surface area contributed by atoms with Crippen LogP contribution in [0.4, 0.5) is 0 Å². The SMILES string of the molecule is [C-]#N.[Cu+2].[Li].[c-]1cccs1. The molecule has 2 radical (unpaired) electrons. The average molecular weight is 180 g/mol. The van der Waals surface area contributed by atoms with Gasteiger partial charge in [0.15, 0.2) is 0 Å². The van der Waals surface area contributed by atoms with E-state index in [4.69, 9.17) is 11.8 Å². The first-order chi connectivity index (χ1) is 3.50. The predicted octanol–water partition coefficient (Wildman–Crippen LogP) is 1.26. The number of thiophene rings is 1. The van der Waals surface area contributed by atoms with E-state index >= 15 is 0 Å². The Balaban J connectivity index is -0.0000000836. The van der Waals surface area contributed by atoms with Crippen molar-refractivity contribution < 1.29 is 17.1 Å². The van der Waals surface area contributed by atoms with E-state index < -0.39 is 0 Å². The Kier molecular flexibility index (Phi) is 28.3. The fraction of sp³-hybridized carbons (Fsp3) is 0. The van der Waals surface area contributed by atoms with Crippen LogP contribution in [0.3, 0.4) is 0 Å². The van der Waals surface area contributed by atoms with Crippen LogP contribution in [0, 0.1) is 17.2 Å². The number of rotatable bonds is 0. The standard InChI is InChI=1S/C4H3S.CN.Cu.Li/c1-2-4-5-3-1;1-2;;/h1-3H;;;/q2*-1;+2;. The van der Waals surface area contributed by atoms with E-state index in [2.05, 4.69) is 5.38 Å². The van der Waals surface area contributed by atoms with Crippen molar-refractivity contribution in [1.29, 1.82) is 5.26 Å². The molecule has 0 atom stereocenters. The summed E-state index contributed by atoms with van der Waals surface area (Å²) in [6, 6.07) is 3.86. The van der Waals surface area contributed by atoms with E-state index in [0.29, 0.717) is 0 Å². The van der Waals surface area contributed by atoms with E-state index in [1.165, 1.54) is 0 Å². The van der Waals surface area contributed by atoms with Gasteiger partial charge in [-0.2, -0.15) is 11.4 Å². The van der Waals surface area contributed by atoms with E-state index in [-0.39, 0.29) is 35.9 Å². The molecule has 46 valence electrons. The van der Waals surface area contributed by atoms with Gasteiger partial charge in [-0.05, 0) is 0 Å². The van der Waals surface area contributed by atoms with Crippen molar-refractivity contribution in [2.24, 2.45) is 0 Å². The van der Waals surface area contributed by atoms with Gasteiger partial charge in [0, 0.05) is 18.9 Å². The molecule has 0 saturated heterocycles. The summed E-state index contributed by atoms with van der Waals surface area (Å²) in [6.07, 6.45) is 0. The van der Waals surface area contributed by atoms with Gasteiger partial charge in [0.25, 0.3) is 0 Å². The smallest absolute Gasteiger partial charge is 0.512 e. The minimum atomic E-state index is 0. The summed E-state index contributed by atoms with van der Waals surface area (Å²) < 4.78 is 0. The Bertz CT molecular complexity index is 101. The van der Waals surface area contributed by atoms with E-state index in [9.17, 15) is 0 Å². The largest absolute Gasteiger partial charge is 2.00 e. The molecule has 0 fully saturated rings. The van der Waals surface area contributed by atoms with Crippen molar-refractivity contribution in [2.45, 2.75) is 0 Å². The Labute approximate surface area is 81.7 Å². The summed E-state index contributed by atoms with van der Waals surface area (Å²) in [5.41, 5.74) is 0. The topological polar surface area (TPSA) is 23.8 Å². The molecule has 0 aliphatic rings. The second-order valence-electron chi connectivity index (χ2n) is 0.731. The van der Waals surface area contributed by atoms with Crippen LogP contribution in [0.5, 0.6) is 0 Å². The summed E-state index contributed by atoms with van der Waals surface area (Å²) in [6.45, 7) is 4.75. The quantitative estimate of drug-likeness (QED) is 0.435. The fourth-order valence-electron chi connectivity index (χ4n) is 0.196. The molecule has 1 nitrogen and oxygen atoms in total. The van der Waals surface area contributed by atoms with Gasteiger partial charge in [-0.1, -0.05) is 0 Å².